The number of rotatable bonds is 2. The minimum Gasteiger partial charge on any atom is -0.323 e. The molecule has 7 heteroatoms. The fourth-order valence-electron chi connectivity index (χ4n) is 3.62. The van der Waals surface area contributed by atoms with E-state index in [4.69, 9.17) is 0 Å². The normalized spacial score (nSPS) is 27.7. The zero-order valence-corrected chi connectivity index (χ0v) is 13.3. The molecule has 4 nitrogen and oxygen atoms in total. The lowest BCUT2D eigenvalue weighted by atomic mass is 9.73. The zero-order valence-electron chi connectivity index (χ0n) is 13.3. The maximum absolute atomic E-state index is 12.8. The molecule has 1 aliphatic carbocycles. The molecule has 24 heavy (non-hydrogen) atoms. The maximum atomic E-state index is 12.8. The summed E-state index contributed by atoms with van der Waals surface area (Å²) in [5, 5.41) is 2.83. The Morgan fingerprint density at radius 1 is 1.21 bits per heavy atom. The Balaban J connectivity index is 1.78. The van der Waals surface area contributed by atoms with Gasteiger partial charge in [0.1, 0.15) is 5.54 Å². The lowest BCUT2D eigenvalue weighted by molar-refractivity contribution is -0.138. The Bertz CT molecular complexity index is 657. The molecule has 1 N–H and O–H groups in total. The highest BCUT2D eigenvalue weighted by Crippen LogP contribution is 2.38. The number of nitrogens with zero attached hydrogens (tertiary/aromatic N) is 1. The summed E-state index contributed by atoms with van der Waals surface area (Å²) in [6, 6.07) is 4.07. The van der Waals surface area contributed by atoms with Crippen LogP contribution in [-0.4, -0.2) is 22.4 Å². The zero-order chi connectivity index (χ0) is 17.5. The number of halogens is 3. The van der Waals surface area contributed by atoms with E-state index < -0.39 is 23.3 Å². The first-order chi connectivity index (χ1) is 11.2. The molecule has 2 fully saturated rings. The number of urea groups is 1. The van der Waals surface area contributed by atoms with Crippen LogP contribution in [0.3, 0.4) is 0 Å². The monoisotopic (exact) mass is 340 g/mol. The third-order valence-electron chi connectivity index (χ3n) is 5.12. The van der Waals surface area contributed by atoms with Crippen molar-refractivity contribution in [2.75, 3.05) is 0 Å². The molecule has 0 aromatic heterocycles. The number of nitrogens with one attached hydrogen (secondary N) is 1. The van der Waals surface area contributed by atoms with E-state index in [0.717, 1.165) is 36.3 Å². The summed E-state index contributed by atoms with van der Waals surface area (Å²) < 4.78 is 37.8. The van der Waals surface area contributed by atoms with Gasteiger partial charge in [0.05, 0.1) is 12.1 Å². The van der Waals surface area contributed by atoms with Gasteiger partial charge in [-0.3, -0.25) is 9.69 Å². The highest BCUT2D eigenvalue weighted by Gasteiger charge is 2.54. The van der Waals surface area contributed by atoms with E-state index in [2.05, 4.69) is 5.32 Å². The fourth-order valence-corrected chi connectivity index (χ4v) is 3.62. The second-order valence-electron chi connectivity index (χ2n) is 6.63. The number of hydrogen-bond donors (Lipinski definition) is 1. The van der Waals surface area contributed by atoms with E-state index in [0.29, 0.717) is 12.0 Å². The van der Waals surface area contributed by atoms with Crippen LogP contribution in [0.25, 0.3) is 0 Å². The second kappa shape index (κ2) is 5.79. The highest BCUT2D eigenvalue weighted by atomic mass is 19.4. The van der Waals surface area contributed by atoms with Crippen LogP contribution in [0.5, 0.6) is 0 Å². The summed E-state index contributed by atoms with van der Waals surface area (Å²) in [6.45, 7) is 1.94. The van der Waals surface area contributed by atoms with Crippen LogP contribution < -0.4 is 5.32 Å². The number of imide groups is 1. The van der Waals surface area contributed by atoms with Gasteiger partial charge in [0.2, 0.25) is 0 Å². The summed E-state index contributed by atoms with van der Waals surface area (Å²) in [7, 11) is 0. The van der Waals surface area contributed by atoms with Crippen molar-refractivity contribution in [1.82, 2.24) is 10.2 Å². The third kappa shape index (κ3) is 2.76. The molecule has 0 bridgehead atoms. The maximum Gasteiger partial charge on any atom is 0.416 e. The van der Waals surface area contributed by atoms with Gasteiger partial charge in [-0.2, -0.15) is 13.2 Å². The Labute approximate surface area is 138 Å². The summed E-state index contributed by atoms with van der Waals surface area (Å²) in [6.07, 6.45) is -1.00. The van der Waals surface area contributed by atoms with Crippen molar-refractivity contribution >= 4 is 11.9 Å². The molecular weight excluding hydrogens is 321 g/mol. The van der Waals surface area contributed by atoms with Gasteiger partial charge < -0.3 is 5.32 Å². The molecule has 0 radical (unpaired) electrons. The average molecular weight is 340 g/mol. The standard InChI is InChI=1S/C17H19F3N2O2/c1-11-4-2-3-9-16(11)14(23)22(15(24)21-16)10-12-5-7-13(8-6-12)17(18,19)20/h5-8,11H,2-4,9-10H2,1H3,(H,21,24)/t11-,16-/m0/s1. The van der Waals surface area contributed by atoms with E-state index in [1.807, 2.05) is 6.92 Å². The van der Waals surface area contributed by atoms with Crippen LogP contribution in [0.15, 0.2) is 24.3 Å². The Morgan fingerprint density at radius 2 is 1.88 bits per heavy atom. The molecular formula is C17H19F3N2O2. The lowest BCUT2D eigenvalue weighted by Gasteiger charge is -2.36. The van der Waals surface area contributed by atoms with Crippen LogP contribution >= 0.6 is 0 Å². The van der Waals surface area contributed by atoms with Crippen molar-refractivity contribution in [2.24, 2.45) is 5.92 Å². The van der Waals surface area contributed by atoms with Gasteiger partial charge in [0.25, 0.3) is 5.91 Å². The van der Waals surface area contributed by atoms with Crippen molar-refractivity contribution in [3.63, 3.8) is 0 Å². The summed E-state index contributed by atoms with van der Waals surface area (Å²) in [4.78, 5) is 26.2. The molecule has 1 saturated heterocycles. The fraction of sp³-hybridized carbons (Fsp3) is 0.529. The first kappa shape index (κ1) is 16.8. The molecule has 3 rings (SSSR count). The molecule has 1 saturated carbocycles. The van der Waals surface area contributed by atoms with Crippen LogP contribution in [0.1, 0.15) is 43.7 Å². The first-order valence-electron chi connectivity index (χ1n) is 8.04. The average Bonchev–Trinajstić information content (AvgIpc) is 2.75. The van der Waals surface area contributed by atoms with Crippen molar-refractivity contribution < 1.29 is 22.8 Å². The smallest absolute Gasteiger partial charge is 0.323 e. The first-order valence-corrected chi connectivity index (χ1v) is 8.04. The summed E-state index contributed by atoms with van der Waals surface area (Å²) in [5.74, 6) is -0.208. The number of carbonyl (C=O) groups excluding carboxylic acids is 2. The van der Waals surface area contributed by atoms with E-state index in [-0.39, 0.29) is 18.4 Å². The Hall–Kier alpha value is -2.05. The van der Waals surface area contributed by atoms with Crippen molar-refractivity contribution in [3.05, 3.63) is 35.4 Å². The summed E-state index contributed by atoms with van der Waals surface area (Å²) in [5.41, 5.74) is -1.10. The molecule has 1 spiro atoms. The van der Waals surface area contributed by atoms with Crippen LogP contribution in [0, 0.1) is 5.92 Å². The second-order valence-corrected chi connectivity index (χ2v) is 6.63. The largest absolute Gasteiger partial charge is 0.416 e. The molecule has 0 unspecified atom stereocenters. The topological polar surface area (TPSA) is 49.4 Å². The van der Waals surface area contributed by atoms with Crippen molar-refractivity contribution in [1.29, 1.82) is 0 Å². The molecule has 1 aromatic rings. The molecule has 3 amide bonds. The minimum absolute atomic E-state index is 0.0166. The van der Waals surface area contributed by atoms with Crippen LogP contribution in [0.2, 0.25) is 0 Å². The van der Waals surface area contributed by atoms with Crippen molar-refractivity contribution in [2.45, 2.75) is 50.9 Å². The molecule has 1 aromatic carbocycles. The van der Waals surface area contributed by atoms with Gasteiger partial charge in [0, 0.05) is 0 Å². The molecule has 1 heterocycles. The van der Waals surface area contributed by atoms with Gasteiger partial charge >= 0.3 is 12.2 Å². The van der Waals surface area contributed by atoms with E-state index in [1.54, 1.807) is 0 Å². The number of carbonyl (C=O) groups is 2. The number of hydrogen-bond acceptors (Lipinski definition) is 2. The molecule has 1 aliphatic heterocycles. The molecule has 2 atom stereocenters. The van der Waals surface area contributed by atoms with Gasteiger partial charge in [-0.1, -0.05) is 31.9 Å². The van der Waals surface area contributed by atoms with Gasteiger partial charge in [-0.05, 0) is 36.5 Å². The number of amides is 3. The Morgan fingerprint density at radius 3 is 2.46 bits per heavy atom. The number of benzene rings is 1. The quantitative estimate of drug-likeness (QED) is 0.835. The third-order valence-corrected chi connectivity index (χ3v) is 5.12. The van der Waals surface area contributed by atoms with E-state index in [1.165, 1.54) is 12.1 Å². The lowest BCUT2D eigenvalue weighted by Crippen LogP contribution is -2.53. The Kier molecular flexibility index (Phi) is 4.05. The van der Waals surface area contributed by atoms with Crippen LogP contribution in [-0.2, 0) is 17.5 Å². The van der Waals surface area contributed by atoms with Gasteiger partial charge in [0.15, 0.2) is 0 Å². The number of alkyl halides is 3. The predicted octanol–water partition coefficient (Wildman–Crippen LogP) is 3.71. The predicted molar refractivity (Wildman–Crippen MR) is 80.9 cm³/mol. The molecule has 2 aliphatic rings. The van der Waals surface area contributed by atoms with Crippen molar-refractivity contribution in [3.8, 4) is 0 Å². The summed E-state index contributed by atoms with van der Waals surface area (Å²) >= 11 is 0. The van der Waals surface area contributed by atoms with Gasteiger partial charge in [-0.25, -0.2) is 4.79 Å². The van der Waals surface area contributed by atoms with Gasteiger partial charge in [-0.15, -0.1) is 0 Å². The minimum atomic E-state index is -4.40. The SMILES string of the molecule is C[C@H]1CCCC[C@]12NC(=O)N(Cc1ccc(C(F)(F)F)cc1)C2=O. The van der Waals surface area contributed by atoms with Crippen LogP contribution in [0.4, 0.5) is 18.0 Å². The highest BCUT2D eigenvalue weighted by molar-refractivity contribution is 6.07. The molecule has 130 valence electrons. The van der Waals surface area contributed by atoms with E-state index >= 15 is 0 Å². The van der Waals surface area contributed by atoms with E-state index in [9.17, 15) is 22.8 Å².